The van der Waals surface area contributed by atoms with Gasteiger partial charge in [-0.3, -0.25) is 13.7 Å². The van der Waals surface area contributed by atoms with Crippen molar-refractivity contribution in [2.75, 3.05) is 18.9 Å². The molecule has 3 aromatic heterocycles. The molecule has 6 atom stereocenters. The molecule has 0 spiro atoms. The second-order valence-corrected chi connectivity index (χ2v) is 11.8. The fraction of sp³-hybridized carbons (Fsp3) is 0.471. The van der Waals surface area contributed by atoms with Crippen molar-refractivity contribution in [2.24, 2.45) is 0 Å². The van der Waals surface area contributed by atoms with E-state index in [9.17, 15) is 39.0 Å². The summed E-state index contributed by atoms with van der Waals surface area (Å²) in [5.74, 6) is -1.44. The van der Waals surface area contributed by atoms with Crippen LogP contribution in [0.25, 0.3) is 11.2 Å². The van der Waals surface area contributed by atoms with Gasteiger partial charge in [-0.2, -0.15) is 0 Å². The zero-order valence-corrected chi connectivity index (χ0v) is 21.8. The minimum Gasteiger partial charge on any atom is -0.756 e. The predicted octanol–water partition coefficient (Wildman–Crippen LogP) is -2.61. The highest BCUT2D eigenvalue weighted by Crippen LogP contribution is 2.55. The Kier molecular flexibility index (Phi) is 8.27. The Labute approximate surface area is 216 Å². The van der Waals surface area contributed by atoms with Gasteiger partial charge in [0.05, 0.1) is 25.2 Å². The summed E-state index contributed by atoms with van der Waals surface area (Å²) in [6, 6.07) is 0. The predicted molar refractivity (Wildman–Crippen MR) is 119 cm³/mol. The van der Waals surface area contributed by atoms with E-state index in [0.717, 1.165) is 17.7 Å². The molecule has 4 heterocycles. The number of hydrogen-bond acceptors (Lipinski definition) is 18. The summed E-state index contributed by atoms with van der Waals surface area (Å²) >= 11 is 0.750. The molecule has 4 rings (SSSR count). The molecular weight excluding hydrogens is 574 g/mol. The molecule has 3 aromatic rings. The van der Waals surface area contributed by atoms with Crippen LogP contribution >= 0.6 is 27.0 Å². The first-order chi connectivity index (χ1) is 17.8. The van der Waals surface area contributed by atoms with Crippen LogP contribution in [0.4, 0.5) is 5.82 Å². The van der Waals surface area contributed by atoms with E-state index in [-0.39, 0.29) is 28.4 Å². The topological polar surface area (TPSA) is 280 Å². The number of rotatable bonds is 11. The molecular formula is C17H19N6O12P2S-3. The van der Waals surface area contributed by atoms with Crippen molar-refractivity contribution in [3.05, 3.63) is 28.2 Å². The lowest BCUT2D eigenvalue weighted by Crippen LogP contribution is -2.34. The number of imidazole rings is 1. The molecule has 0 aromatic carbocycles. The number of aliphatic hydroxyl groups is 2. The van der Waals surface area contributed by atoms with Crippen molar-refractivity contribution in [1.82, 2.24) is 24.5 Å². The molecule has 4 N–H and O–H groups in total. The lowest BCUT2D eigenvalue weighted by Gasteiger charge is -2.31. The normalized spacial score (nSPS) is 24.9. The largest absolute Gasteiger partial charge is 0.756 e. The van der Waals surface area contributed by atoms with Crippen LogP contribution in [0.1, 0.15) is 26.6 Å². The van der Waals surface area contributed by atoms with E-state index in [1.807, 2.05) is 0 Å². The number of aliphatic hydroxyl groups excluding tert-OH is 2. The number of aryl methyl sites for hydroxylation is 1. The van der Waals surface area contributed by atoms with Gasteiger partial charge in [-0.15, -0.1) is 11.3 Å². The summed E-state index contributed by atoms with van der Waals surface area (Å²) in [4.78, 5) is 50.8. The number of carbonyl (C=O) groups is 1. The van der Waals surface area contributed by atoms with Crippen LogP contribution in [0.15, 0.2) is 12.7 Å². The Balaban J connectivity index is 1.32. The molecule has 0 bridgehead atoms. The van der Waals surface area contributed by atoms with Gasteiger partial charge in [0.25, 0.3) is 15.6 Å². The molecule has 21 heteroatoms. The van der Waals surface area contributed by atoms with Gasteiger partial charge in [-0.05, 0) is 6.92 Å². The summed E-state index contributed by atoms with van der Waals surface area (Å²) in [5, 5.41) is 31.2. The highest BCUT2D eigenvalue weighted by atomic mass is 32.1. The van der Waals surface area contributed by atoms with Gasteiger partial charge in [0, 0.05) is 11.3 Å². The number of nitrogen functional groups attached to an aromatic ring is 1. The van der Waals surface area contributed by atoms with Gasteiger partial charge >= 0.3 is 0 Å². The third-order valence-corrected chi connectivity index (χ3v) is 9.00. The average molecular weight is 593 g/mol. The van der Waals surface area contributed by atoms with Crippen LogP contribution in [-0.4, -0.2) is 72.2 Å². The van der Waals surface area contributed by atoms with Crippen molar-refractivity contribution < 1.29 is 57.1 Å². The van der Waals surface area contributed by atoms with Gasteiger partial charge < -0.3 is 49.4 Å². The zero-order valence-electron chi connectivity index (χ0n) is 19.2. The molecule has 0 radical (unpaired) electrons. The number of aromatic carboxylic acids is 1. The van der Waals surface area contributed by atoms with Gasteiger partial charge in [0.1, 0.15) is 41.1 Å². The van der Waals surface area contributed by atoms with Crippen LogP contribution in [-0.2, 0) is 33.6 Å². The maximum Gasteiger partial charge on any atom is 0.274 e. The molecule has 18 nitrogen and oxygen atoms in total. The molecule has 0 amide bonds. The first-order valence-corrected chi connectivity index (χ1v) is 14.3. The monoisotopic (exact) mass is 593 g/mol. The number of carboxylic acids is 1. The number of anilines is 1. The third-order valence-electron chi connectivity index (χ3n) is 5.24. The summed E-state index contributed by atoms with van der Waals surface area (Å²) in [7, 11) is -11.0. The Morgan fingerprint density at radius 1 is 1.21 bits per heavy atom. The fourth-order valence-corrected chi connectivity index (χ4v) is 6.36. The maximum absolute atomic E-state index is 12.1. The molecule has 0 saturated carbocycles. The molecule has 1 saturated heterocycles. The van der Waals surface area contributed by atoms with E-state index >= 15 is 0 Å². The first-order valence-electron chi connectivity index (χ1n) is 10.5. The molecule has 1 fully saturated rings. The molecule has 2 unspecified atom stereocenters. The lowest BCUT2D eigenvalue weighted by atomic mass is 10.1. The van der Waals surface area contributed by atoms with Gasteiger partial charge in [-0.1, -0.05) is 0 Å². The highest BCUT2D eigenvalue weighted by Gasteiger charge is 2.45. The second kappa shape index (κ2) is 11.0. The Hall–Kier alpha value is -2.41. The minimum atomic E-state index is -5.54. The van der Waals surface area contributed by atoms with Crippen LogP contribution < -0.4 is 20.6 Å². The first kappa shape index (κ1) is 28.6. The number of phosphoric acid groups is 2. The number of phosphoric ester groups is 2. The molecule has 1 aliphatic rings. The number of carboxylic acid groups (broad SMARTS) is 1. The third kappa shape index (κ3) is 6.24. The average Bonchev–Trinajstić information content (AvgIpc) is 3.49. The summed E-state index contributed by atoms with van der Waals surface area (Å²) < 4.78 is 43.9. The smallest absolute Gasteiger partial charge is 0.274 e. The molecule has 38 heavy (non-hydrogen) atoms. The summed E-state index contributed by atoms with van der Waals surface area (Å²) in [6.45, 7) is -0.0163. The fourth-order valence-electron chi connectivity index (χ4n) is 3.48. The number of hydrogen-bond donors (Lipinski definition) is 3. The van der Waals surface area contributed by atoms with E-state index in [0.29, 0.717) is 10.6 Å². The maximum atomic E-state index is 12.1. The van der Waals surface area contributed by atoms with E-state index < -0.39 is 59.4 Å². The van der Waals surface area contributed by atoms with Gasteiger partial charge in [0.15, 0.2) is 17.7 Å². The quantitative estimate of drug-likeness (QED) is 0.192. The van der Waals surface area contributed by atoms with Gasteiger partial charge in [0.2, 0.25) is 0 Å². The second-order valence-electron chi connectivity index (χ2n) is 7.80. The van der Waals surface area contributed by atoms with Crippen LogP contribution in [0.3, 0.4) is 0 Å². The summed E-state index contributed by atoms with van der Waals surface area (Å²) in [5.41, 5.74) is 6.40. The number of nitrogens with zero attached hydrogens (tertiary/aromatic N) is 5. The van der Waals surface area contributed by atoms with Crippen LogP contribution in [0.2, 0.25) is 0 Å². The number of carbonyl (C=O) groups excluding carboxylic acids is 1. The number of ether oxygens (including phenoxy) is 1. The molecule has 208 valence electrons. The Morgan fingerprint density at radius 3 is 2.61 bits per heavy atom. The van der Waals surface area contributed by atoms with E-state index in [1.165, 1.54) is 17.8 Å². The van der Waals surface area contributed by atoms with E-state index in [4.69, 9.17) is 10.5 Å². The van der Waals surface area contributed by atoms with E-state index in [2.05, 4.69) is 33.3 Å². The number of fused-ring (bicyclic) bond motifs is 1. The van der Waals surface area contributed by atoms with Crippen molar-refractivity contribution in [1.29, 1.82) is 0 Å². The van der Waals surface area contributed by atoms with Crippen molar-refractivity contribution in [3.63, 3.8) is 0 Å². The van der Waals surface area contributed by atoms with Gasteiger partial charge in [-0.25, -0.2) is 24.2 Å². The Bertz CT molecular complexity index is 1430. The lowest BCUT2D eigenvalue weighted by molar-refractivity contribution is -0.255. The molecule has 1 aliphatic heterocycles. The summed E-state index contributed by atoms with van der Waals surface area (Å²) in [6.07, 6.45) is -3.68. The SMILES string of the molecule is Cc1nc(C(=O)[O-])sc1CCOP(=O)([O-])OP(=O)([O-])OC[C@H]1O[C@@H](n2cnc3c(N)ncnc32)[C@H](O)[C@@H]1O. The molecule has 0 aliphatic carbocycles. The number of thiazole rings is 1. The number of nitrogens with two attached hydrogens (primary N) is 1. The highest BCUT2D eigenvalue weighted by molar-refractivity contribution is 7.59. The van der Waals surface area contributed by atoms with Crippen LogP contribution in [0.5, 0.6) is 0 Å². The zero-order chi connectivity index (χ0) is 27.8. The Morgan fingerprint density at radius 2 is 1.92 bits per heavy atom. The van der Waals surface area contributed by atoms with Crippen LogP contribution in [0, 0.1) is 6.92 Å². The van der Waals surface area contributed by atoms with Crippen molar-refractivity contribution in [3.8, 4) is 0 Å². The standard InChI is InChI=1S/C17H22N6O12P2S/c1-7-9(38-15(22-7)17(26)27)2-3-32-36(28,29)35-37(30,31)33-4-8-11(24)12(25)16(34-8)23-6-21-10-13(18)19-5-20-14(10)23/h5-6,8,11-12,16,24-25H,2-4H2,1H3,(H,26,27)(H,28,29)(H,30,31)(H2,18,19,20)/p-3/t8-,11-,12-,16-/m1/s1. The minimum absolute atomic E-state index is 0.0554. The van der Waals surface area contributed by atoms with Crippen molar-refractivity contribution in [2.45, 2.75) is 37.9 Å². The van der Waals surface area contributed by atoms with E-state index in [1.54, 1.807) is 0 Å². The van der Waals surface area contributed by atoms with Crippen molar-refractivity contribution >= 4 is 49.9 Å². The number of aromatic nitrogens is 5.